The van der Waals surface area contributed by atoms with Crippen LogP contribution in [-0.2, 0) is 11.3 Å². The summed E-state index contributed by atoms with van der Waals surface area (Å²) >= 11 is 1.69. The van der Waals surface area contributed by atoms with Crippen LogP contribution in [-0.4, -0.2) is 30.4 Å². The van der Waals surface area contributed by atoms with E-state index in [-0.39, 0.29) is 0 Å². The first-order valence-electron chi connectivity index (χ1n) is 8.27. The molecule has 2 N–H and O–H groups in total. The summed E-state index contributed by atoms with van der Waals surface area (Å²) in [5.74, 6) is 0.770. The van der Waals surface area contributed by atoms with Gasteiger partial charge >= 0.3 is 0 Å². The van der Waals surface area contributed by atoms with E-state index in [1.54, 1.807) is 11.3 Å². The van der Waals surface area contributed by atoms with E-state index in [9.17, 15) is 5.11 Å². The number of aliphatic hydroxyl groups is 1. The molecule has 1 fully saturated rings. The highest BCUT2D eigenvalue weighted by Gasteiger charge is 2.19. The second-order valence-corrected chi connectivity index (χ2v) is 7.23. The fourth-order valence-corrected chi connectivity index (χ4v) is 3.69. The Labute approximate surface area is 132 Å². The van der Waals surface area contributed by atoms with E-state index in [0.29, 0.717) is 25.8 Å². The van der Waals surface area contributed by atoms with Gasteiger partial charge in [-0.25, -0.2) is 0 Å². The normalized spacial score (nSPS) is 20.1. The van der Waals surface area contributed by atoms with Gasteiger partial charge in [-0.15, -0.1) is 11.3 Å². The van der Waals surface area contributed by atoms with Crippen LogP contribution in [0.25, 0.3) is 0 Å². The van der Waals surface area contributed by atoms with E-state index in [1.807, 2.05) is 11.4 Å². The van der Waals surface area contributed by atoms with E-state index in [0.717, 1.165) is 5.92 Å². The van der Waals surface area contributed by atoms with Gasteiger partial charge in [0.15, 0.2) is 0 Å². The third-order valence-corrected chi connectivity index (χ3v) is 5.27. The molecule has 1 aliphatic carbocycles. The van der Waals surface area contributed by atoms with Crippen molar-refractivity contribution in [2.24, 2.45) is 5.92 Å². The van der Waals surface area contributed by atoms with Crippen molar-refractivity contribution in [2.45, 2.75) is 64.2 Å². The Balaban J connectivity index is 1.57. The van der Waals surface area contributed by atoms with Gasteiger partial charge < -0.3 is 15.2 Å². The lowest BCUT2D eigenvalue weighted by Gasteiger charge is -2.25. The van der Waals surface area contributed by atoms with E-state index in [2.05, 4.69) is 18.3 Å². The summed E-state index contributed by atoms with van der Waals surface area (Å²) in [4.78, 5) is 1.21. The minimum Gasteiger partial charge on any atom is -0.389 e. The zero-order valence-electron chi connectivity index (χ0n) is 13.1. The number of hydrogen-bond acceptors (Lipinski definition) is 4. The number of ether oxygens (including phenoxy) is 1. The number of thiophene rings is 1. The lowest BCUT2D eigenvalue weighted by Crippen LogP contribution is -2.39. The highest BCUT2D eigenvalue weighted by Crippen LogP contribution is 2.25. The Kier molecular flexibility index (Phi) is 7.72. The third kappa shape index (κ3) is 6.47. The summed E-state index contributed by atoms with van der Waals surface area (Å²) in [5.41, 5.74) is 0. The largest absolute Gasteiger partial charge is 0.389 e. The summed E-state index contributed by atoms with van der Waals surface area (Å²) in [7, 11) is 0. The van der Waals surface area contributed by atoms with Gasteiger partial charge in [0.1, 0.15) is 0 Å². The molecule has 2 atom stereocenters. The molecule has 4 heteroatoms. The van der Waals surface area contributed by atoms with Crippen LogP contribution in [0.4, 0.5) is 0 Å². The van der Waals surface area contributed by atoms with Gasteiger partial charge in [-0.1, -0.05) is 31.7 Å². The quantitative estimate of drug-likeness (QED) is 0.721. The van der Waals surface area contributed by atoms with Crippen LogP contribution in [0.15, 0.2) is 17.5 Å². The zero-order chi connectivity index (χ0) is 14.9. The van der Waals surface area contributed by atoms with Crippen molar-refractivity contribution in [3.8, 4) is 0 Å². The lowest BCUT2D eigenvalue weighted by molar-refractivity contribution is 0.0278. The van der Waals surface area contributed by atoms with Crippen molar-refractivity contribution in [1.29, 1.82) is 0 Å². The first-order valence-corrected chi connectivity index (χ1v) is 9.15. The molecule has 1 saturated carbocycles. The smallest absolute Gasteiger partial charge is 0.0897 e. The second-order valence-electron chi connectivity index (χ2n) is 6.20. The van der Waals surface area contributed by atoms with Gasteiger partial charge in [-0.05, 0) is 37.1 Å². The molecule has 120 valence electrons. The summed E-state index contributed by atoms with van der Waals surface area (Å²) in [6, 6.07) is 4.58. The molecule has 0 bridgehead atoms. The highest BCUT2D eigenvalue weighted by atomic mass is 32.1. The molecule has 1 aromatic rings. The topological polar surface area (TPSA) is 41.5 Å². The minimum absolute atomic E-state index is 0.405. The molecule has 1 aromatic heterocycles. The van der Waals surface area contributed by atoms with Gasteiger partial charge in [0.2, 0.25) is 0 Å². The van der Waals surface area contributed by atoms with E-state index in [1.165, 1.54) is 43.4 Å². The van der Waals surface area contributed by atoms with Crippen molar-refractivity contribution in [3.63, 3.8) is 0 Å². The maximum Gasteiger partial charge on any atom is 0.0897 e. The van der Waals surface area contributed by atoms with Crippen molar-refractivity contribution in [3.05, 3.63) is 22.4 Å². The number of rotatable bonds is 8. The second kappa shape index (κ2) is 9.57. The molecular weight excluding hydrogens is 282 g/mol. The molecule has 0 saturated heterocycles. The molecule has 21 heavy (non-hydrogen) atoms. The van der Waals surface area contributed by atoms with Crippen LogP contribution >= 0.6 is 11.3 Å². The SMILES string of the molecule is C[C@H](NCC(O)COCc1cccs1)C1CCCCCC1. The van der Waals surface area contributed by atoms with Crippen LogP contribution in [0.2, 0.25) is 0 Å². The van der Waals surface area contributed by atoms with Crippen molar-refractivity contribution in [1.82, 2.24) is 5.32 Å². The predicted molar refractivity (Wildman–Crippen MR) is 88.6 cm³/mol. The Morgan fingerprint density at radius 3 is 2.76 bits per heavy atom. The zero-order valence-corrected chi connectivity index (χ0v) is 13.9. The lowest BCUT2D eigenvalue weighted by atomic mass is 9.93. The highest BCUT2D eigenvalue weighted by molar-refractivity contribution is 7.09. The van der Waals surface area contributed by atoms with Crippen molar-refractivity contribution in [2.75, 3.05) is 13.2 Å². The molecule has 2 rings (SSSR count). The molecule has 1 unspecified atom stereocenters. The van der Waals surface area contributed by atoms with Crippen LogP contribution in [0.3, 0.4) is 0 Å². The predicted octanol–water partition coefficient (Wildman–Crippen LogP) is 3.57. The maximum atomic E-state index is 10.00. The van der Waals surface area contributed by atoms with Crippen LogP contribution in [0, 0.1) is 5.92 Å². The maximum absolute atomic E-state index is 10.00. The molecule has 1 aliphatic rings. The molecular formula is C17H29NO2S. The molecule has 0 amide bonds. The molecule has 0 aliphatic heterocycles. The fourth-order valence-electron chi connectivity index (χ4n) is 3.05. The van der Waals surface area contributed by atoms with Gasteiger partial charge in [-0.2, -0.15) is 0 Å². The van der Waals surface area contributed by atoms with Gasteiger partial charge in [-0.3, -0.25) is 0 Å². The van der Waals surface area contributed by atoms with Gasteiger partial charge in [0.25, 0.3) is 0 Å². The third-order valence-electron chi connectivity index (χ3n) is 4.42. The van der Waals surface area contributed by atoms with Crippen LogP contribution < -0.4 is 5.32 Å². The molecule has 1 heterocycles. The van der Waals surface area contributed by atoms with E-state index >= 15 is 0 Å². The standard InChI is InChI=1S/C17H29NO2S/c1-14(15-7-4-2-3-5-8-15)18-11-16(19)12-20-13-17-9-6-10-21-17/h6,9-10,14-16,18-19H,2-5,7-8,11-13H2,1H3/t14-,16?/m0/s1. The first-order chi connectivity index (χ1) is 10.3. The monoisotopic (exact) mass is 311 g/mol. The van der Waals surface area contributed by atoms with Gasteiger partial charge in [0, 0.05) is 17.5 Å². The molecule has 0 radical (unpaired) electrons. The number of nitrogens with one attached hydrogen (secondary N) is 1. The molecule has 0 spiro atoms. The Hall–Kier alpha value is -0.420. The summed E-state index contributed by atoms with van der Waals surface area (Å²) in [5, 5.41) is 15.5. The van der Waals surface area contributed by atoms with E-state index in [4.69, 9.17) is 4.74 Å². The van der Waals surface area contributed by atoms with Crippen molar-refractivity contribution < 1.29 is 9.84 Å². The molecule has 0 aromatic carbocycles. The van der Waals surface area contributed by atoms with Crippen LogP contribution in [0.5, 0.6) is 0 Å². The van der Waals surface area contributed by atoms with Gasteiger partial charge in [0.05, 0.1) is 19.3 Å². The Morgan fingerprint density at radius 2 is 2.10 bits per heavy atom. The van der Waals surface area contributed by atoms with E-state index < -0.39 is 6.10 Å². The number of aliphatic hydroxyl groups excluding tert-OH is 1. The summed E-state index contributed by atoms with van der Waals surface area (Å²) in [6.45, 7) is 3.90. The van der Waals surface area contributed by atoms with Crippen LogP contribution in [0.1, 0.15) is 50.3 Å². The molecule has 3 nitrogen and oxygen atoms in total. The average molecular weight is 311 g/mol. The Bertz CT molecular complexity index is 361. The summed E-state index contributed by atoms with van der Waals surface area (Å²) < 4.78 is 5.56. The van der Waals surface area contributed by atoms with Crippen molar-refractivity contribution >= 4 is 11.3 Å². The fraction of sp³-hybridized carbons (Fsp3) is 0.765. The first kappa shape index (κ1) is 16.9. The Morgan fingerprint density at radius 1 is 1.33 bits per heavy atom. The number of hydrogen-bond donors (Lipinski definition) is 2. The summed E-state index contributed by atoms with van der Waals surface area (Å²) in [6.07, 6.45) is 7.76. The minimum atomic E-state index is -0.418. The average Bonchev–Trinajstić information content (AvgIpc) is 2.85.